The molecule has 6 aromatic rings. The number of halogens is 1. The van der Waals surface area contributed by atoms with Gasteiger partial charge in [-0.3, -0.25) is 4.79 Å². The largest absolute Gasteiger partial charge is 0.497 e. The lowest BCUT2D eigenvalue weighted by atomic mass is 9.82. The normalized spacial score (nSPS) is 19.3. The predicted octanol–water partition coefficient (Wildman–Crippen LogP) is 7.95. The maximum absolute atomic E-state index is 15.8. The third kappa shape index (κ3) is 10.8. The van der Waals surface area contributed by atoms with Crippen LogP contribution in [0.25, 0.3) is 0 Å². The summed E-state index contributed by atoms with van der Waals surface area (Å²) in [6, 6.07) is 40.1. The minimum absolute atomic E-state index is 0.0160. The Hall–Kier alpha value is -7.68. The van der Waals surface area contributed by atoms with E-state index in [9.17, 15) is 29.1 Å². The van der Waals surface area contributed by atoms with Crippen LogP contribution in [-0.2, 0) is 52.0 Å². The monoisotopic (exact) mass is 896 g/mol. The second kappa shape index (κ2) is 20.9. The molecule has 0 bridgehead atoms. The molecule has 1 fully saturated rings. The first kappa shape index (κ1) is 46.3. The lowest BCUT2D eigenvalue weighted by Crippen LogP contribution is -2.68. The topological polar surface area (TPSA) is 170 Å². The Morgan fingerprint density at radius 3 is 1.62 bits per heavy atom. The van der Waals surface area contributed by atoms with Gasteiger partial charge in [0.1, 0.15) is 30.4 Å². The van der Waals surface area contributed by atoms with E-state index < -0.39 is 72.0 Å². The smallest absolute Gasteiger partial charge is 0.338 e. The van der Waals surface area contributed by atoms with Crippen molar-refractivity contribution >= 4 is 29.8 Å². The van der Waals surface area contributed by atoms with Crippen LogP contribution in [0.3, 0.4) is 0 Å². The van der Waals surface area contributed by atoms with Crippen LogP contribution in [-0.4, -0.2) is 72.6 Å². The van der Waals surface area contributed by atoms with Gasteiger partial charge in [0.05, 0.1) is 29.4 Å². The number of carbonyl (C=O) groups excluding carboxylic acids is 5. The van der Waals surface area contributed by atoms with Crippen molar-refractivity contribution in [1.82, 2.24) is 0 Å². The predicted molar refractivity (Wildman–Crippen MR) is 235 cm³/mol. The summed E-state index contributed by atoms with van der Waals surface area (Å²) in [4.78, 5) is 68.5. The average molecular weight is 897 g/mol. The zero-order valence-electron chi connectivity index (χ0n) is 36.0. The molecule has 6 atom stereocenters. The van der Waals surface area contributed by atoms with Gasteiger partial charge in [0.25, 0.3) is 0 Å². The lowest BCUT2D eigenvalue weighted by molar-refractivity contribution is -0.360. The third-order valence-corrected chi connectivity index (χ3v) is 10.8. The molecule has 0 aliphatic carbocycles. The summed E-state index contributed by atoms with van der Waals surface area (Å²) in [5, 5.41) is 13.6. The molecule has 338 valence electrons. The molecule has 6 aromatic carbocycles. The van der Waals surface area contributed by atoms with Crippen LogP contribution in [0, 0.1) is 5.82 Å². The molecule has 0 radical (unpaired) electrons. The van der Waals surface area contributed by atoms with Gasteiger partial charge in [0.2, 0.25) is 11.9 Å². The van der Waals surface area contributed by atoms with Crippen molar-refractivity contribution in [3.63, 3.8) is 0 Å². The molecule has 13 nitrogen and oxygen atoms in total. The minimum Gasteiger partial charge on any atom is -0.497 e. The molecule has 14 heteroatoms. The van der Waals surface area contributed by atoms with E-state index in [0.29, 0.717) is 5.56 Å². The Morgan fingerprint density at radius 2 is 1.12 bits per heavy atom. The molecule has 0 amide bonds. The highest BCUT2D eigenvalue weighted by atomic mass is 19.1. The standard InChI is InChI=1S/C52H45FO13/c1-32(62-48(55)35-16-8-4-9-17-35)44-45(63-49(56)36-18-10-5-11-19-36)46(64-50(57)37-20-12-6-13-21-37)47(65-51(58)38-22-14-7-15-23-38)52(59,66-44)42-28-34(31-61-33(2)54)24-25-39(42)29-40-26-27-41(60-3)30-43(40)53/h4-28,30,32,44-47,59H,29,31H2,1-3H3/t32-,44-,45-,46+,47-,52-/m1/s1. The van der Waals surface area contributed by atoms with Gasteiger partial charge in [-0.15, -0.1) is 0 Å². The fourth-order valence-electron chi connectivity index (χ4n) is 7.47. The van der Waals surface area contributed by atoms with Crippen molar-refractivity contribution in [3.05, 3.63) is 208 Å². The Bertz CT molecular complexity index is 2660. The molecule has 1 aliphatic heterocycles. The van der Waals surface area contributed by atoms with Gasteiger partial charge in [-0.1, -0.05) is 91.0 Å². The van der Waals surface area contributed by atoms with Gasteiger partial charge in [-0.25, -0.2) is 23.6 Å². The van der Waals surface area contributed by atoms with E-state index in [1.807, 2.05) is 0 Å². The highest BCUT2D eigenvalue weighted by Crippen LogP contribution is 2.45. The van der Waals surface area contributed by atoms with Gasteiger partial charge in [-0.2, -0.15) is 0 Å². The molecular weight excluding hydrogens is 852 g/mol. The zero-order chi connectivity index (χ0) is 46.8. The number of ether oxygens (including phenoxy) is 7. The quantitative estimate of drug-likeness (QED) is 0.0779. The molecule has 1 heterocycles. The van der Waals surface area contributed by atoms with E-state index in [4.69, 9.17) is 33.2 Å². The Kier molecular flexibility index (Phi) is 14.7. The van der Waals surface area contributed by atoms with Crippen LogP contribution in [0.1, 0.15) is 77.5 Å². The molecule has 7 rings (SSSR count). The van der Waals surface area contributed by atoms with Crippen molar-refractivity contribution in [2.75, 3.05) is 7.11 Å². The summed E-state index contributed by atoms with van der Waals surface area (Å²) >= 11 is 0. The Morgan fingerprint density at radius 1 is 0.636 bits per heavy atom. The Labute approximate surface area is 379 Å². The summed E-state index contributed by atoms with van der Waals surface area (Å²) < 4.78 is 57.7. The maximum atomic E-state index is 15.8. The highest BCUT2D eigenvalue weighted by molar-refractivity contribution is 5.92. The maximum Gasteiger partial charge on any atom is 0.338 e. The third-order valence-electron chi connectivity index (χ3n) is 10.8. The van der Waals surface area contributed by atoms with Crippen LogP contribution in [0.4, 0.5) is 4.39 Å². The summed E-state index contributed by atoms with van der Waals surface area (Å²) in [6.07, 6.45) is -9.18. The van der Waals surface area contributed by atoms with Gasteiger partial charge in [0, 0.05) is 25.0 Å². The van der Waals surface area contributed by atoms with Crippen molar-refractivity contribution in [2.45, 2.75) is 63.2 Å². The Balaban J connectivity index is 1.46. The lowest BCUT2D eigenvalue weighted by Gasteiger charge is -2.50. The van der Waals surface area contributed by atoms with Crippen LogP contribution in [0.2, 0.25) is 0 Å². The summed E-state index contributed by atoms with van der Waals surface area (Å²) in [5.74, 6) is -7.71. The van der Waals surface area contributed by atoms with Gasteiger partial charge < -0.3 is 38.3 Å². The molecule has 1 aliphatic rings. The second-order valence-electron chi connectivity index (χ2n) is 15.3. The van der Waals surface area contributed by atoms with Gasteiger partial charge >= 0.3 is 29.8 Å². The van der Waals surface area contributed by atoms with E-state index in [-0.39, 0.29) is 57.7 Å². The number of hydrogen-bond donors (Lipinski definition) is 1. The number of rotatable bonds is 15. The van der Waals surface area contributed by atoms with E-state index in [1.165, 1.54) is 93.8 Å². The van der Waals surface area contributed by atoms with Crippen LogP contribution in [0.15, 0.2) is 158 Å². The zero-order valence-corrected chi connectivity index (χ0v) is 36.0. The number of methoxy groups -OCH3 is 1. The number of aliphatic hydroxyl groups is 1. The highest BCUT2D eigenvalue weighted by Gasteiger charge is 2.62. The molecule has 66 heavy (non-hydrogen) atoms. The van der Waals surface area contributed by atoms with Crippen LogP contribution >= 0.6 is 0 Å². The van der Waals surface area contributed by atoms with Crippen molar-refractivity contribution in [3.8, 4) is 5.75 Å². The summed E-state index contributed by atoms with van der Waals surface area (Å²) in [5.41, 5.74) is 0.763. The number of hydrogen-bond acceptors (Lipinski definition) is 13. The average Bonchev–Trinajstić information content (AvgIpc) is 3.34. The molecule has 0 aromatic heterocycles. The van der Waals surface area contributed by atoms with Gasteiger partial charge in [-0.05, 0) is 84.3 Å². The fourth-order valence-corrected chi connectivity index (χ4v) is 7.47. The molecule has 0 unspecified atom stereocenters. The van der Waals surface area contributed by atoms with Gasteiger partial charge in [0.15, 0.2) is 12.2 Å². The molecule has 1 N–H and O–H groups in total. The van der Waals surface area contributed by atoms with Crippen molar-refractivity contribution in [2.24, 2.45) is 0 Å². The molecule has 0 saturated carbocycles. The number of benzene rings is 6. The van der Waals surface area contributed by atoms with Crippen molar-refractivity contribution < 1.29 is 66.6 Å². The van der Waals surface area contributed by atoms with E-state index >= 15 is 4.39 Å². The first-order valence-corrected chi connectivity index (χ1v) is 20.9. The van der Waals surface area contributed by atoms with E-state index in [1.54, 1.807) is 84.9 Å². The van der Waals surface area contributed by atoms with Crippen LogP contribution < -0.4 is 4.74 Å². The van der Waals surface area contributed by atoms with Crippen molar-refractivity contribution in [1.29, 1.82) is 0 Å². The summed E-state index contributed by atoms with van der Waals surface area (Å²) in [6.45, 7) is 2.33. The second-order valence-corrected chi connectivity index (χ2v) is 15.3. The molecule has 1 saturated heterocycles. The minimum atomic E-state index is -2.93. The fraction of sp³-hybridized carbons (Fsp3) is 0.212. The first-order chi connectivity index (χ1) is 31.8. The van der Waals surface area contributed by atoms with Crippen LogP contribution in [0.5, 0.6) is 5.75 Å². The van der Waals surface area contributed by atoms with E-state index in [2.05, 4.69) is 0 Å². The van der Waals surface area contributed by atoms with E-state index in [0.717, 1.165) is 0 Å². The summed E-state index contributed by atoms with van der Waals surface area (Å²) in [7, 11) is 1.39. The first-order valence-electron chi connectivity index (χ1n) is 20.9. The number of carbonyl (C=O) groups is 5. The molecule has 0 spiro atoms. The SMILES string of the molecule is COc1ccc(Cc2ccc(COC(C)=O)cc2[C@@]2(O)O[C@H]([C@@H](C)OC(=O)c3ccccc3)[C@@H](OC(=O)c3ccccc3)[C@H](OC(=O)c3ccccc3)[C@H]2OC(=O)c2ccccc2)c(F)c1. The molecular formula is C52H45FO13. The number of esters is 5.